The minimum absolute atomic E-state index is 0.346. The van der Waals surface area contributed by atoms with Crippen LogP contribution in [0.3, 0.4) is 0 Å². The molecule has 0 fully saturated rings. The third kappa shape index (κ3) is 7.40. The molecule has 0 aliphatic rings. The van der Waals surface area contributed by atoms with E-state index >= 15 is 0 Å². The summed E-state index contributed by atoms with van der Waals surface area (Å²) in [5.74, 6) is 6.82. The summed E-state index contributed by atoms with van der Waals surface area (Å²) < 4.78 is 10.8. The van der Waals surface area contributed by atoms with E-state index in [9.17, 15) is 4.79 Å². The van der Waals surface area contributed by atoms with Gasteiger partial charge < -0.3 is 14.8 Å². The largest absolute Gasteiger partial charge is 0.492 e. The maximum atomic E-state index is 11.5. The number of hydrogen-bond acceptors (Lipinski definition) is 4. The first-order valence-electron chi connectivity index (χ1n) is 8.04. The van der Waals surface area contributed by atoms with Crippen molar-refractivity contribution in [3.63, 3.8) is 0 Å². The molecular formula is C20H22N2O3. The molecule has 0 unspecified atom stereocenters. The molecule has 0 atom stereocenters. The van der Waals surface area contributed by atoms with Crippen molar-refractivity contribution in [3.8, 4) is 17.6 Å². The molecule has 1 N–H and O–H groups in total. The zero-order valence-corrected chi connectivity index (χ0v) is 14.7. The number of amides is 1. The summed E-state index contributed by atoms with van der Waals surface area (Å²) in [4.78, 5) is 15.6. The van der Waals surface area contributed by atoms with Crippen LogP contribution < -0.4 is 10.1 Å². The van der Waals surface area contributed by atoms with Gasteiger partial charge >= 0.3 is 6.09 Å². The van der Waals surface area contributed by atoms with E-state index in [2.05, 4.69) is 22.1 Å². The number of nitrogens with one attached hydrogen (secondary N) is 1. The van der Waals surface area contributed by atoms with Gasteiger partial charge in [-0.3, -0.25) is 4.98 Å². The molecule has 5 heteroatoms. The van der Waals surface area contributed by atoms with Crippen LogP contribution in [0.2, 0.25) is 0 Å². The quantitative estimate of drug-likeness (QED) is 0.686. The first-order valence-corrected chi connectivity index (χ1v) is 8.04. The van der Waals surface area contributed by atoms with Gasteiger partial charge in [-0.05, 0) is 51.1 Å². The molecule has 5 nitrogen and oxygen atoms in total. The highest BCUT2D eigenvalue weighted by Gasteiger charge is 2.15. The van der Waals surface area contributed by atoms with Gasteiger partial charge in [-0.15, -0.1) is 0 Å². The lowest BCUT2D eigenvalue weighted by Gasteiger charge is -2.19. The van der Waals surface area contributed by atoms with Gasteiger partial charge in [0.15, 0.2) is 0 Å². The zero-order valence-electron chi connectivity index (χ0n) is 14.7. The minimum Gasteiger partial charge on any atom is -0.492 e. The average molecular weight is 338 g/mol. The number of alkyl carbamates (subject to hydrolysis) is 1. The number of ether oxygens (including phenoxy) is 2. The number of benzene rings is 1. The molecular weight excluding hydrogens is 316 g/mol. The van der Waals surface area contributed by atoms with Gasteiger partial charge in [0.05, 0.1) is 6.54 Å². The Morgan fingerprint density at radius 2 is 1.92 bits per heavy atom. The van der Waals surface area contributed by atoms with Crippen molar-refractivity contribution in [2.45, 2.75) is 26.4 Å². The maximum Gasteiger partial charge on any atom is 0.407 e. The SMILES string of the molecule is CC(C)(C)OC(=O)NCCOc1cccc(C#Cc2cccnc2)c1. The third-order valence-electron chi connectivity index (χ3n) is 2.89. The van der Waals surface area contributed by atoms with Crippen LogP contribution in [0.25, 0.3) is 0 Å². The number of carbonyl (C=O) groups is 1. The Labute approximate surface area is 148 Å². The number of hydrogen-bond donors (Lipinski definition) is 1. The van der Waals surface area contributed by atoms with Gasteiger partial charge in [0, 0.05) is 23.5 Å². The molecule has 1 aromatic carbocycles. The van der Waals surface area contributed by atoms with Crippen LogP contribution >= 0.6 is 0 Å². The standard InChI is InChI=1S/C20H22N2O3/c1-20(2,3)25-19(23)22-12-13-24-18-8-4-6-16(14-18)9-10-17-7-5-11-21-15-17/h4-8,11,14-15H,12-13H2,1-3H3,(H,22,23). The summed E-state index contributed by atoms with van der Waals surface area (Å²) in [5, 5.41) is 2.65. The number of carbonyl (C=O) groups excluding carboxylic acids is 1. The fourth-order valence-electron chi connectivity index (χ4n) is 1.88. The van der Waals surface area contributed by atoms with Gasteiger partial charge in [-0.1, -0.05) is 17.9 Å². The Bertz CT molecular complexity index is 756. The smallest absolute Gasteiger partial charge is 0.407 e. The van der Waals surface area contributed by atoms with E-state index < -0.39 is 11.7 Å². The summed E-state index contributed by atoms with van der Waals surface area (Å²) in [5.41, 5.74) is 1.20. The lowest BCUT2D eigenvalue weighted by atomic mass is 10.2. The second kappa shape index (κ2) is 8.74. The molecule has 0 bridgehead atoms. The molecule has 2 rings (SSSR count). The molecule has 25 heavy (non-hydrogen) atoms. The highest BCUT2D eigenvalue weighted by molar-refractivity contribution is 5.67. The van der Waals surface area contributed by atoms with E-state index in [0.717, 1.165) is 11.1 Å². The summed E-state index contributed by atoms with van der Waals surface area (Å²) in [6, 6.07) is 11.3. The lowest BCUT2D eigenvalue weighted by molar-refractivity contribution is 0.0520. The third-order valence-corrected chi connectivity index (χ3v) is 2.89. The highest BCUT2D eigenvalue weighted by atomic mass is 16.6. The van der Waals surface area contributed by atoms with Crippen LogP contribution in [0, 0.1) is 11.8 Å². The molecule has 0 spiro atoms. The summed E-state index contributed by atoms with van der Waals surface area (Å²) >= 11 is 0. The summed E-state index contributed by atoms with van der Waals surface area (Å²) in [6.45, 7) is 6.17. The Balaban J connectivity index is 1.82. The molecule has 0 aliphatic heterocycles. The molecule has 2 aromatic rings. The van der Waals surface area contributed by atoms with Crippen LogP contribution in [0.1, 0.15) is 31.9 Å². The second-order valence-electron chi connectivity index (χ2n) is 6.30. The van der Waals surface area contributed by atoms with Crippen LogP contribution in [0.4, 0.5) is 4.79 Å². The summed E-state index contributed by atoms with van der Waals surface area (Å²) in [6.07, 6.45) is 2.98. The van der Waals surface area contributed by atoms with E-state index in [0.29, 0.717) is 18.9 Å². The van der Waals surface area contributed by atoms with E-state index in [-0.39, 0.29) is 0 Å². The van der Waals surface area contributed by atoms with E-state index in [4.69, 9.17) is 9.47 Å². The van der Waals surface area contributed by atoms with E-state index in [1.54, 1.807) is 12.4 Å². The molecule has 1 aromatic heterocycles. The first kappa shape index (κ1) is 18.3. The van der Waals surface area contributed by atoms with Crippen molar-refractivity contribution < 1.29 is 14.3 Å². The van der Waals surface area contributed by atoms with Crippen molar-refractivity contribution >= 4 is 6.09 Å². The van der Waals surface area contributed by atoms with E-state index in [1.807, 2.05) is 57.2 Å². The Morgan fingerprint density at radius 1 is 1.16 bits per heavy atom. The highest BCUT2D eigenvalue weighted by Crippen LogP contribution is 2.12. The predicted molar refractivity (Wildman–Crippen MR) is 96.4 cm³/mol. The lowest BCUT2D eigenvalue weighted by Crippen LogP contribution is -2.34. The first-order chi connectivity index (χ1) is 11.9. The van der Waals surface area contributed by atoms with Gasteiger partial charge in [0.25, 0.3) is 0 Å². The van der Waals surface area contributed by atoms with Gasteiger partial charge in [0.2, 0.25) is 0 Å². The number of rotatable bonds is 4. The maximum absolute atomic E-state index is 11.5. The number of aromatic nitrogens is 1. The van der Waals surface area contributed by atoms with Gasteiger partial charge in [0.1, 0.15) is 18.0 Å². The Hall–Kier alpha value is -3.00. The fourth-order valence-corrected chi connectivity index (χ4v) is 1.88. The van der Waals surface area contributed by atoms with Crippen LogP contribution in [0.15, 0.2) is 48.8 Å². The molecule has 0 radical (unpaired) electrons. The summed E-state index contributed by atoms with van der Waals surface area (Å²) in [7, 11) is 0. The van der Waals surface area contributed by atoms with Crippen molar-refractivity contribution in [3.05, 3.63) is 59.9 Å². The molecule has 1 amide bonds. The van der Waals surface area contributed by atoms with Gasteiger partial charge in [-0.2, -0.15) is 0 Å². The molecule has 0 saturated heterocycles. The topological polar surface area (TPSA) is 60.5 Å². The van der Waals surface area contributed by atoms with Crippen LogP contribution in [-0.4, -0.2) is 29.8 Å². The van der Waals surface area contributed by atoms with Crippen molar-refractivity contribution in [2.24, 2.45) is 0 Å². The van der Waals surface area contributed by atoms with Crippen LogP contribution in [0.5, 0.6) is 5.75 Å². The number of pyridine rings is 1. The van der Waals surface area contributed by atoms with Crippen LogP contribution in [-0.2, 0) is 4.74 Å². The molecule has 1 heterocycles. The Morgan fingerprint density at radius 3 is 2.64 bits per heavy atom. The molecule has 0 saturated carbocycles. The number of nitrogens with zero attached hydrogens (tertiary/aromatic N) is 1. The Kier molecular flexibility index (Phi) is 6.41. The second-order valence-corrected chi connectivity index (χ2v) is 6.30. The van der Waals surface area contributed by atoms with Gasteiger partial charge in [-0.25, -0.2) is 4.79 Å². The van der Waals surface area contributed by atoms with E-state index in [1.165, 1.54) is 0 Å². The van der Waals surface area contributed by atoms with Crippen molar-refractivity contribution in [1.29, 1.82) is 0 Å². The fraction of sp³-hybridized carbons (Fsp3) is 0.300. The average Bonchev–Trinajstić information content (AvgIpc) is 2.57. The zero-order chi connectivity index (χ0) is 18.1. The normalized spacial score (nSPS) is 10.4. The monoisotopic (exact) mass is 338 g/mol. The van der Waals surface area contributed by atoms with Crippen molar-refractivity contribution in [1.82, 2.24) is 10.3 Å². The van der Waals surface area contributed by atoms with Crippen molar-refractivity contribution in [2.75, 3.05) is 13.2 Å². The molecule has 0 aliphatic carbocycles. The molecule has 130 valence electrons. The minimum atomic E-state index is -0.508. The predicted octanol–water partition coefficient (Wildman–Crippen LogP) is 3.38.